The highest BCUT2D eigenvalue weighted by atomic mass is 35.5. The molecule has 3 atom stereocenters. The SMILES string of the molecule is CC1CNCCC1NC(=O)c1cccc(S(=O)(=O)N2CCCCC2C)c1.Cl. The first kappa shape index (κ1) is 22.1. The van der Waals surface area contributed by atoms with Crippen LogP contribution in [-0.4, -0.2) is 50.3 Å². The summed E-state index contributed by atoms with van der Waals surface area (Å²) in [6.07, 6.45) is 3.71. The summed E-state index contributed by atoms with van der Waals surface area (Å²) in [6, 6.07) is 6.55. The lowest BCUT2D eigenvalue weighted by Crippen LogP contribution is -2.48. The van der Waals surface area contributed by atoms with Crippen molar-refractivity contribution in [3.8, 4) is 0 Å². The van der Waals surface area contributed by atoms with Crippen LogP contribution in [0.4, 0.5) is 0 Å². The number of hydrogen-bond donors (Lipinski definition) is 2. The van der Waals surface area contributed by atoms with Crippen LogP contribution in [0.1, 0.15) is 49.9 Å². The molecule has 2 fully saturated rings. The van der Waals surface area contributed by atoms with E-state index in [2.05, 4.69) is 17.6 Å². The van der Waals surface area contributed by atoms with Gasteiger partial charge < -0.3 is 10.6 Å². The highest BCUT2D eigenvalue weighted by Crippen LogP contribution is 2.25. The Labute approximate surface area is 168 Å². The second-order valence-electron chi connectivity index (χ2n) is 7.54. The summed E-state index contributed by atoms with van der Waals surface area (Å²) >= 11 is 0. The van der Waals surface area contributed by atoms with Crippen molar-refractivity contribution in [1.82, 2.24) is 14.9 Å². The van der Waals surface area contributed by atoms with Gasteiger partial charge in [0.05, 0.1) is 4.90 Å². The van der Waals surface area contributed by atoms with Crippen molar-refractivity contribution in [3.05, 3.63) is 29.8 Å². The van der Waals surface area contributed by atoms with Gasteiger partial charge in [-0.05, 0) is 63.4 Å². The number of rotatable bonds is 4. The van der Waals surface area contributed by atoms with Crippen LogP contribution in [0.3, 0.4) is 0 Å². The van der Waals surface area contributed by atoms with Gasteiger partial charge >= 0.3 is 0 Å². The standard InChI is InChI=1S/C19H29N3O3S.ClH/c1-14-13-20-10-9-18(14)21-19(23)16-7-5-8-17(12-16)26(24,25)22-11-4-3-6-15(22)2;/h5,7-8,12,14-15,18,20H,3-4,6,9-11,13H2,1-2H3,(H,21,23);1H. The van der Waals surface area contributed by atoms with Crippen molar-refractivity contribution in [3.63, 3.8) is 0 Å². The lowest BCUT2D eigenvalue weighted by atomic mass is 9.95. The third-order valence-electron chi connectivity index (χ3n) is 5.55. The summed E-state index contributed by atoms with van der Waals surface area (Å²) in [5.41, 5.74) is 0.404. The first-order valence-corrected chi connectivity index (χ1v) is 11.0. The van der Waals surface area contributed by atoms with Gasteiger partial charge in [-0.25, -0.2) is 8.42 Å². The minimum atomic E-state index is -3.57. The molecule has 2 aliphatic heterocycles. The third-order valence-corrected chi connectivity index (χ3v) is 7.56. The number of hydrogen-bond acceptors (Lipinski definition) is 4. The summed E-state index contributed by atoms with van der Waals surface area (Å²) in [6.45, 7) is 6.37. The molecule has 27 heavy (non-hydrogen) atoms. The molecule has 0 radical (unpaired) electrons. The number of piperidine rings is 2. The van der Waals surface area contributed by atoms with Gasteiger partial charge in [-0.15, -0.1) is 12.4 Å². The molecule has 152 valence electrons. The Hall–Kier alpha value is -1.15. The summed E-state index contributed by atoms with van der Waals surface area (Å²) in [5, 5.41) is 6.38. The molecule has 1 amide bonds. The van der Waals surface area contributed by atoms with Gasteiger partial charge in [0.15, 0.2) is 0 Å². The van der Waals surface area contributed by atoms with E-state index in [1.807, 2.05) is 6.92 Å². The average molecular weight is 416 g/mol. The zero-order chi connectivity index (χ0) is 18.7. The second-order valence-corrected chi connectivity index (χ2v) is 9.43. The van der Waals surface area contributed by atoms with Gasteiger partial charge in [0.2, 0.25) is 10.0 Å². The highest BCUT2D eigenvalue weighted by molar-refractivity contribution is 7.89. The Morgan fingerprint density at radius 3 is 2.70 bits per heavy atom. The molecule has 0 aliphatic carbocycles. The van der Waals surface area contributed by atoms with E-state index in [0.29, 0.717) is 18.0 Å². The molecule has 3 rings (SSSR count). The molecule has 0 aromatic heterocycles. The van der Waals surface area contributed by atoms with Crippen LogP contribution in [0.5, 0.6) is 0 Å². The molecule has 0 spiro atoms. The number of halogens is 1. The Bertz CT molecular complexity index is 756. The van der Waals surface area contributed by atoms with E-state index in [-0.39, 0.29) is 35.3 Å². The fourth-order valence-electron chi connectivity index (χ4n) is 3.84. The van der Waals surface area contributed by atoms with Crippen molar-refractivity contribution < 1.29 is 13.2 Å². The van der Waals surface area contributed by atoms with Crippen LogP contribution in [0.25, 0.3) is 0 Å². The summed E-state index contributed by atoms with van der Waals surface area (Å²) in [7, 11) is -3.57. The molecule has 1 aromatic carbocycles. The maximum absolute atomic E-state index is 13.0. The largest absolute Gasteiger partial charge is 0.349 e. The predicted octanol–water partition coefficient (Wildman–Crippen LogP) is 2.40. The number of nitrogens with zero attached hydrogens (tertiary/aromatic N) is 1. The van der Waals surface area contributed by atoms with Crippen molar-refractivity contribution in [2.75, 3.05) is 19.6 Å². The quantitative estimate of drug-likeness (QED) is 0.791. The molecule has 2 saturated heterocycles. The second kappa shape index (κ2) is 9.37. The molecular formula is C19H30ClN3O3S. The van der Waals surface area contributed by atoms with Gasteiger partial charge in [0.25, 0.3) is 5.91 Å². The van der Waals surface area contributed by atoms with Crippen LogP contribution < -0.4 is 10.6 Å². The Morgan fingerprint density at radius 2 is 2.00 bits per heavy atom. The summed E-state index contributed by atoms with van der Waals surface area (Å²) in [4.78, 5) is 12.8. The minimum Gasteiger partial charge on any atom is -0.349 e. The van der Waals surface area contributed by atoms with Gasteiger partial charge in [0, 0.05) is 24.2 Å². The first-order chi connectivity index (χ1) is 12.4. The topological polar surface area (TPSA) is 78.5 Å². The number of carbonyl (C=O) groups is 1. The monoisotopic (exact) mass is 415 g/mol. The predicted molar refractivity (Wildman–Crippen MR) is 109 cm³/mol. The third kappa shape index (κ3) is 5.02. The van der Waals surface area contributed by atoms with Crippen LogP contribution >= 0.6 is 12.4 Å². The van der Waals surface area contributed by atoms with Crippen LogP contribution in [0.15, 0.2) is 29.2 Å². The zero-order valence-corrected chi connectivity index (χ0v) is 17.6. The number of sulfonamides is 1. The maximum Gasteiger partial charge on any atom is 0.251 e. The number of benzene rings is 1. The smallest absolute Gasteiger partial charge is 0.251 e. The fourth-order valence-corrected chi connectivity index (χ4v) is 5.59. The fraction of sp³-hybridized carbons (Fsp3) is 0.632. The molecule has 2 N–H and O–H groups in total. The maximum atomic E-state index is 13.0. The average Bonchev–Trinajstić information content (AvgIpc) is 2.64. The van der Waals surface area contributed by atoms with E-state index < -0.39 is 10.0 Å². The van der Waals surface area contributed by atoms with Crippen molar-refractivity contribution in [1.29, 1.82) is 0 Å². The lowest BCUT2D eigenvalue weighted by Gasteiger charge is -2.32. The van der Waals surface area contributed by atoms with Gasteiger partial charge in [-0.1, -0.05) is 19.4 Å². The number of carbonyl (C=O) groups excluding carboxylic acids is 1. The van der Waals surface area contributed by atoms with Gasteiger partial charge in [-0.2, -0.15) is 4.31 Å². The van der Waals surface area contributed by atoms with Crippen molar-refractivity contribution in [2.45, 2.75) is 56.5 Å². The number of nitrogens with one attached hydrogen (secondary N) is 2. The molecule has 2 aliphatic rings. The summed E-state index contributed by atoms with van der Waals surface area (Å²) < 4.78 is 27.6. The Morgan fingerprint density at radius 1 is 1.22 bits per heavy atom. The molecule has 3 unspecified atom stereocenters. The molecule has 8 heteroatoms. The van der Waals surface area contributed by atoms with E-state index in [9.17, 15) is 13.2 Å². The van der Waals surface area contributed by atoms with E-state index in [0.717, 1.165) is 38.8 Å². The molecule has 0 saturated carbocycles. The zero-order valence-electron chi connectivity index (χ0n) is 16.0. The van der Waals surface area contributed by atoms with E-state index in [1.54, 1.807) is 22.5 Å². The Balaban J connectivity index is 0.00000261. The molecule has 1 aromatic rings. The van der Waals surface area contributed by atoms with Crippen LogP contribution in [-0.2, 0) is 10.0 Å². The van der Waals surface area contributed by atoms with Gasteiger partial charge in [-0.3, -0.25) is 4.79 Å². The highest BCUT2D eigenvalue weighted by Gasteiger charge is 2.31. The molecule has 2 heterocycles. The normalized spacial score (nSPS) is 26.8. The van der Waals surface area contributed by atoms with Crippen molar-refractivity contribution >= 4 is 28.3 Å². The van der Waals surface area contributed by atoms with Crippen LogP contribution in [0.2, 0.25) is 0 Å². The minimum absolute atomic E-state index is 0. The van der Waals surface area contributed by atoms with Gasteiger partial charge in [0.1, 0.15) is 0 Å². The summed E-state index contributed by atoms with van der Waals surface area (Å²) in [5.74, 6) is 0.154. The van der Waals surface area contributed by atoms with Crippen LogP contribution in [0, 0.1) is 5.92 Å². The molecule has 0 bridgehead atoms. The molecular weight excluding hydrogens is 386 g/mol. The lowest BCUT2D eigenvalue weighted by molar-refractivity contribution is 0.0914. The number of amides is 1. The molecule has 6 nitrogen and oxygen atoms in total. The van der Waals surface area contributed by atoms with E-state index in [1.165, 1.54) is 6.07 Å². The van der Waals surface area contributed by atoms with E-state index >= 15 is 0 Å². The van der Waals surface area contributed by atoms with E-state index in [4.69, 9.17) is 0 Å². The Kier molecular flexibility index (Phi) is 7.68. The first-order valence-electron chi connectivity index (χ1n) is 9.53. The van der Waals surface area contributed by atoms with Crippen molar-refractivity contribution in [2.24, 2.45) is 5.92 Å².